The Kier molecular flexibility index (Phi) is 4.61. The topological polar surface area (TPSA) is 75.6 Å². The number of anilines is 1. The number of nitrogens with one attached hydrogen (secondary N) is 1. The summed E-state index contributed by atoms with van der Waals surface area (Å²) in [7, 11) is 1.40. The van der Waals surface area contributed by atoms with Gasteiger partial charge in [0.15, 0.2) is 0 Å². The summed E-state index contributed by atoms with van der Waals surface area (Å²) in [5.74, 6) is -2.20. The molecule has 1 aromatic carbocycles. The molecule has 0 atom stereocenters. The van der Waals surface area contributed by atoms with Crippen molar-refractivity contribution < 1.29 is 23.8 Å². The molecule has 0 aliphatic carbocycles. The maximum absolute atomic E-state index is 13.6. The number of halogens is 1. The van der Waals surface area contributed by atoms with Gasteiger partial charge in [-0.25, -0.2) is 4.39 Å². The van der Waals surface area contributed by atoms with Gasteiger partial charge < -0.3 is 15.2 Å². The Morgan fingerprint density at radius 1 is 1.42 bits per heavy atom. The molecule has 0 saturated heterocycles. The van der Waals surface area contributed by atoms with E-state index in [1.54, 1.807) is 13.8 Å². The first-order chi connectivity index (χ1) is 8.76. The smallest absolute Gasteiger partial charge is 0.307 e. The lowest BCUT2D eigenvalue weighted by Crippen LogP contribution is -2.38. The van der Waals surface area contributed by atoms with Gasteiger partial charge in [0.2, 0.25) is 0 Å². The highest BCUT2D eigenvalue weighted by molar-refractivity contribution is 5.96. The van der Waals surface area contributed by atoms with E-state index in [1.165, 1.54) is 19.2 Å². The average molecular weight is 269 g/mol. The molecular weight excluding hydrogens is 253 g/mol. The predicted molar refractivity (Wildman–Crippen MR) is 67.5 cm³/mol. The number of rotatable bonds is 5. The number of ether oxygens (including phenoxy) is 1. The van der Waals surface area contributed by atoms with E-state index in [1.807, 2.05) is 0 Å². The van der Waals surface area contributed by atoms with Gasteiger partial charge in [-0.05, 0) is 31.5 Å². The third-order valence-corrected chi connectivity index (χ3v) is 2.71. The van der Waals surface area contributed by atoms with Crippen molar-refractivity contribution in [1.82, 2.24) is 0 Å². The van der Waals surface area contributed by atoms with Crippen LogP contribution in [0.5, 0.6) is 0 Å². The second-order valence-electron chi connectivity index (χ2n) is 4.55. The second kappa shape index (κ2) is 5.79. The minimum atomic E-state index is -1.11. The average Bonchev–Trinajstić information content (AvgIpc) is 2.32. The molecule has 1 amide bonds. The fourth-order valence-corrected chi connectivity index (χ4v) is 1.31. The zero-order valence-corrected chi connectivity index (χ0v) is 11.0. The molecule has 104 valence electrons. The van der Waals surface area contributed by atoms with Crippen molar-refractivity contribution in [3.8, 4) is 0 Å². The third-order valence-electron chi connectivity index (χ3n) is 2.71. The molecule has 0 heterocycles. The summed E-state index contributed by atoms with van der Waals surface area (Å²) >= 11 is 0. The Labute approximate surface area is 110 Å². The monoisotopic (exact) mass is 269 g/mol. The molecule has 0 aromatic heterocycles. The number of hydrogen-bond donors (Lipinski definition) is 2. The van der Waals surface area contributed by atoms with E-state index in [9.17, 15) is 14.0 Å². The number of amides is 1. The minimum Gasteiger partial charge on any atom is -0.481 e. The van der Waals surface area contributed by atoms with Crippen LogP contribution in [0, 0.1) is 5.82 Å². The molecule has 19 heavy (non-hydrogen) atoms. The van der Waals surface area contributed by atoms with Gasteiger partial charge in [0.05, 0.1) is 6.42 Å². The molecule has 0 radical (unpaired) electrons. The maximum atomic E-state index is 13.6. The van der Waals surface area contributed by atoms with Gasteiger partial charge in [-0.2, -0.15) is 0 Å². The van der Waals surface area contributed by atoms with Crippen LogP contribution < -0.4 is 5.32 Å². The first kappa shape index (κ1) is 15.1. The molecule has 1 rings (SSSR count). The summed E-state index contributed by atoms with van der Waals surface area (Å²) in [6.07, 6.45) is -0.399. The van der Waals surface area contributed by atoms with Crippen LogP contribution in [0.4, 0.5) is 10.1 Å². The van der Waals surface area contributed by atoms with E-state index < -0.39 is 29.7 Å². The molecule has 2 N–H and O–H groups in total. The van der Waals surface area contributed by atoms with Gasteiger partial charge in [-0.1, -0.05) is 6.07 Å². The molecule has 6 heteroatoms. The zero-order chi connectivity index (χ0) is 14.6. The van der Waals surface area contributed by atoms with Crippen molar-refractivity contribution >= 4 is 17.6 Å². The summed E-state index contributed by atoms with van der Waals surface area (Å²) in [6, 6.07) is 3.87. The minimum absolute atomic E-state index is 0.0662. The summed E-state index contributed by atoms with van der Waals surface area (Å²) < 4.78 is 18.6. The fourth-order valence-electron chi connectivity index (χ4n) is 1.31. The number of carbonyl (C=O) groups is 2. The van der Waals surface area contributed by atoms with Gasteiger partial charge in [0.1, 0.15) is 11.4 Å². The molecule has 0 bridgehead atoms. The highest BCUT2D eigenvalue weighted by Crippen LogP contribution is 2.17. The number of benzene rings is 1. The normalized spacial score (nSPS) is 11.2. The van der Waals surface area contributed by atoms with Gasteiger partial charge >= 0.3 is 5.97 Å². The summed E-state index contributed by atoms with van der Waals surface area (Å²) in [6.45, 7) is 3.16. The molecule has 0 saturated carbocycles. The zero-order valence-electron chi connectivity index (χ0n) is 11.0. The van der Waals surface area contributed by atoms with Crippen molar-refractivity contribution in [2.75, 3.05) is 12.4 Å². The molecule has 1 aromatic rings. The lowest BCUT2D eigenvalue weighted by Gasteiger charge is -2.21. The molecule has 0 unspecified atom stereocenters. The molecule has 0 fully saturated rings. The van der Waals surface area contributed by atoms with Crippen molar-refractivity contribution in [1.29, 1.82) is 0 Å². The fraction of sp³-hybridized carbons (Fsp3) is 0.385. The highest BCUT2D eigenvalue weighted by Gasteiger charge is 2.27. The Bertz CT molecular complexity index is 499. The Morgan fingerprint density at radius 3 is 2.53 bits per heavy atom. The predicted octanol–water partition coefficient (Wildman–Crippen LogP) is 1.82. The number of carbonyl (C=O) groups excluding carboxylic acids is 1. The van der Waals surface area contributed by atoms with Crippen molar-refractivity contribution in [3.63, 3.8) is 0 Å². The largest absolute Gasteiger partial charge is 0.481 e. The van der Waals surface area contributed by atoms with Crippen LogP contribution in [0.3, 0.4) is 0 Å². The van der Waals surface area contributed by atoms with E-state index in [4.69, 9.17) is 9.84 Å². The number of carboxylic acids is 1. The van der Waals surface area contributed by atoms with E-state index in [2.05, 4.69) is 5.32 Å². The van der Waals surface area contributed by atoms with Crippen molar-refractivity contribution in [3.05, 3.63) is 29.6 Å². The van der Waals surface area contributed by atoms with E-state index in [0.717, 1.165) is 6.07 Å². The standard InChI is InChI=1S/C13H16FNO4/c1-13(2,19-3)12(18)15-9-5-4-8(6-11(16)17)10(14)7-9/h4-5,7H,6H2,1-3H3,(H,15,18)(H,16,17). The Balaban J connectivity index is 2.85. The summed E-state index contributed by atoms with van der Waals surface area (Å²) in [4.78, 5) is 22.3. The number of methoxy groups -OCH3 is 1. The molecular formula is C13H16FNO4. The first-order valence-corrected chi connectivity index (χ1v) is 5.63. The summed E-state index contributed by atoms with van der Waals surface area (Å²) in [5.41, 5.74) is -0.714. The van der Waals surface area contributed by atoms with Crippen LogP contribution in [0.25, 0.3) is 0 Å². The first-order valence-electron chi connectivity index (χ1n) is 5.63. The molecule has 0 spiro atoms. The lowest BCUT2D eigenvalue weighted by molar-refractivity contribution is -0.136. The second-order valence-corrected chi connectivity index (χ2v) is 4.55. The van der Waals surface area contributed by atoms with E-state index >= 15 is 0 Å². The van der Waals surface area contributed by atoms with Crippen LogP contribution in [-0.4, -0.2) is 29.7 Å². The number of carboxylic acid groups (broad SMARTS) is 1. The van der Waals surface area contributed by atoms with Gasteiger partial charge in [-0.15, -0.1) is 0 Å². The van der Waals surface area contributed by atoms with Crippen molar-refractivity contribution in [2.45, 2.75) is 25.9 Å². The van der Waals surface area contributed by atoms with Gasteiger partial charge in [-0.3, -0.25) is 9.59 Å². The molecule has 0 aliphatic heterocycles. The van der Waals surface area contributed by atoms with Crippen LogP contribution in [0.1, 0.15) is 19.4 Å². The van der Waals surface area contributed by atoms with Crippen molar-refractivity contribution in [2.24, 2.45) is 0 Å². The Hall–Kier alpha value is -1.95. The quantitative estimate of drug-likeness (QED) is 0.854. The van der Waals surface area contributed by atoms with Crippen LogP contribution in [0.15, 0.2) is 18.2 Å². The Morgan fingerprint density at radius 2 is 2.05 bits per heavy atom. The highest BCUT2D eigenvalue weighted by atomic mass is 19.1. The van der Waals surface area contributed by atoms with Crippen LogP contribution in [-0.2, 0) is 20.7 Å². The van der Waals surface area contributed by atoms with Crippen LogP contribution in [0.2, 0.25) is 0 Å². The van der Waals surface area contributed by atoms with Crippen LogP contribution >= 0.6 is 0 Å². The van der Waals surface area contributed by atoms with Gasteiger partial charge in [0.25, 0.3) is 5.91 Å². The SMILES string of the molecule is COC(C)(C)C(=O)Nc1ccc(CC(=O)O)c(F)c1. The summed E-state index contributed by atoms with van der Waals surface area (Å²) in [5, 5.41) is 11.1. The number of hydrogen-bond acceptors (Lipinski definition) is 3. The number of aliphatic carboxylic acids is 1. The maximum Gasteiger partial charge on any atom is 0.307 e. The third kappa shape index (κ3) is 4.03. The lowest BCUT2D eigenvalue weighted by atomic mass is 10.1. The molecule has 0 aliphatic rings. The molecule has 5 nitrogen and oxygen atoms in total. The van der Waals surface area contributed by atoms with Gasteiger partial charge in [0, 0.05) is 12.8 Å². The van der Waals surface area contributed by atoms with E-state index in [0.29, 0.717) is 0 Å². The van der Waals surface area contributed by atoms with E-state index in [-0.39, 0.29) is 11.3 Å².